The van der Waals surface area contributed by atoms with Gasteiger partial charge in [-0.25, -0.2) is 0 Å². The first-order valence-corrected chi connectivity index (χ1v) is 4.46. The Bertz CT molecular complexity index is 128. The molecule has 0 bridgehead atoms. The van der Waals surface area contributed by atoms with Crippen molar-refractivity contribution in [3.8, 4) is 0 Å². The molecule has 1 fully saturated rings. The van der Waals surface area contributed by atoms with E-state index >= 15 is 0 Å². The lowest BCUT2D eigenvalue weighted by Crippen LogP contribution is -2.36. The quantitative estimate of drug-likeness (QED) is 0.685. The van der Waals surface area contributed by atoms with Gasteiger partial charge in [0.2, 0.25) is 0 Å². The second-order valence-corrected chi connectivity index (χ2v) is 3.66. The van der Waals surface area contributed by atoms with E-state index in [0.717, 1.165) is 13.0 Å². The molecular formula is C9H18O3. The minimum absolute atomic E-state index is 0.285. The highest BCUT2D eigenvalue weighted by atomic mass is 16.5. The van der Waals surface area contributed by atoms with Crippen LogP contribution in [0.4, 0.5) is 0 Å². The lowest BCUT2D eigenvalue weighted by Gasteiger charge is -2.28. The van der Waals surface area contributed by atoms with E-state index < -0.39 is 5.60 Å². The third kappa shape index (κ3) is 2.44. The summed E-state index contributed by atoms with van der Waals surface area (Å²) in [4.78, 5) is 0. The van der Waals surface area contributed by atoms with E-state index in [4.69, 9.17) is 9.47 Å². The maximum Gasteiger partial charge on any atom is 0.0692 e. The van der Waals surface area contributed by atoms with E-state index in [-0.39, 0.29) is 5.92 Å². The third-order valence-electron chi connectivity index (χ3n) is 2.62. The molecule has 1 aliphatic heterocycles. The number of ether oxygens (including phenoxy) is 2. The average molecular weight is 174 g/mol. The highest BCUT2D eigenvalue weighted by Crippen LogP contribution is 2.28. The maximum absolute atomic E-state index is 9.99. The van der Waals surface area contributed by atoms with Crippen molar-refractivity contribution in [1.29, 1.82) is 0 Å². The van der Waals surface area contributed by atoms with Crippen LogP contribution in [0.15, 0.2) is 0 Å². The molecule has 2 atom stereocenters. The van der Waals surface area contributed by atoms with Crippen LogP contribution in [0.25, 0.3) is 0 Å². The summed E-state index contributed by atoms with van der Waals surface area (Å²) in [7, 11) is 1.65. The van der Waals surface area contributed by atoms with Crippen molar-refractivity contribution < 1.29 is 14.6 Å². The zero-order valence-corrected chi connectivity index (χ0v) is 7.88. The predicted octanol–water partition coefficient (Wildman–Crippen LogP) is 0.810. The van der Waals surface area contributed by atoms with Gasteiger partial charge in [0.25, 0.3) is 0 Å². The lowest BCUT2D eigenvalue weighted by atomic mass is 9.86. The molecule has 1 rings (SSSR count). The second kappa shape index (κ2) is 4.21. The smallest absolute Gasteiger partial charge is 0.0692 e. The van der Waals surface area contributed by atoms with Gasteiger partial charge in [-0.1, -0.05) is 0 Å². The summed E-state index contributed by atoms with van der Waals surface area (Å²) >= 11 is 0. The third-order valence-corrected chi connectivity index (χ3v) is 2.62. The fourth-order valence-corrected chi connectivity index (χ4v) is 1.54. The SMILES string of the molecule is COCCC(C)(O)C1CCOC1. The Balaban J connectivity index is 2.34. The molecule has 1 heterocycles. The van der Waals surface area contributed by atoms with Gasteiger partial charge < -0.3 is 14.6 Å². The van der Waals surface area contributed by atoms with Crippen molar-refractivity contribution in [2.45, 2.75) is 25.4 Å². The molecule has 2 unspecified atom stereocenters. The number of hydrogen-bond donors (Lipinski definition) is 1. The highest BCUT2D eigenvalue weighted by Gasteiger charge is 2.34. The van der Waals surface area contributed by atoms with Gasteiger partial charge in [0.15, 0.2) is 0 Å². The number of methoxy groups -OCH3 is 1. The van der Waals surface area contributed by atoms with Gasteiger partial charge in [-0.05, 0) is 19.8 Å². The van der Waals surface area contributed by atoms with Crippen LogP contribution < -0.4 is 0 Å². The minimum atomic E-state index is -0.619. The van der Waals surface area contributed by atoms with Crippen molar-refractivity contribution in [3.63, 3.8) is 0 Å². The van der Waals surface area contributed by atoms with Crippen molar-refractivity contribution in [2.75, 3.05) is 26.9 Å². The van der Waals surface area contributed by atoms with E-state index in [1.807, 2.05) is 6.92 Å². The first-order chi connectivity index (χ1) is 5.67. The first-order valence-electron chi connectivity index (χ1n) is 4.46. The Hall–Kier alpha value is -0.120. The second-order valence-electron chi connectivity index (χ2n) is 3.66. The van der Waals surface area contributed by atoms with Crippen molar-refractivity contribution in [2.24, 2.45) is 5.92 Å². The molecule has 0 spiro atoms. The molecular weight excluding hydrogens is 156 g/mol. The first kappa shape index (κ1) is 9.96. The molecule has 0 aliphatic carbocycles. The van der Waals surface area contributed by atoms with E-state index in [1.54, 1.807) is 7.11 Å². The molecule has 72 valence electrons. The molecule has 1 aliphatic rings. The monoisotopic (exact) mass is 174 g/mol. The van der Waals surface area contributed by atoms with Gasteiger partial charge in [0, 0.05) is 26.2 Å². The summed E-state index contributed by atoms with van der Waals surface area (Å²) in [6.45, 7) is 3.96. The molecule has 0 radical (unpaired) electrons. The summed E-state index contributed by atoms with van der Waals surface area (Å²) in [5, 5.41) is 9.99. The molecule has 1 N–H and O–H groups in total. The standard InChI is InChI=1S/C9H18O3/c1-9(10,4-6-11-2)8-3-5-12-7-8/h8,10H,3-7H2,1-2H3. The maximum atomic E-state index is 9.99. The minimum Gasteiger partial charge on any atom is -0.390 e. The van der Waals surface area contributed by atoms with Crippen LogP contribution in [0, 0.1) is 5.92 Å². The van der Waals surface area contributed by atoms with Crippen molar-refractivity contribution in [1.82, 2.24) is 0 Å². The van der Waals surface area contributed by atoms with Gasteiger partial charge in [-0.15, -0.1) is 0 Å². The summed E-state index contributed by atoms with van der Waals surface area (Å²) in [6.07, 6.45) is 1.66. The highest BCUT2D eigenvalue weighted by molar-refractivity contribution is 4.84. The summed E-state index contributed by atoms with van der Waals surface area (Å²) in [5.41, 5.74) is -0.619. The molecule has 3 nitrogen and oxygen atoms in total. The fourth-order valence-electron chi connectivity index (χ4n) is 1.54. The summed E-state index contributed by atoms with van der Waals surface area (Å²) in [6, 6.07) is 0. The molecule has 1 saturated heterocycles. The van der Waals surface area contributed by atoms with E-state index in [0.29, 0.717) is 19.6 Å². The Kier molecular flexibility index (Phi) is 3.50. The van der Waals surface area contributed by atoms with Crippen LogP contribution in [-0.4, -0.2) is 37.6 Å². The van der Waals surface area contributed by atoms with Crippen LogP contribution in [0.2, 0.25) is 0 Å². The van der Waals surface area contributed by atoms with E-state index in [2.05, 4.69) is 0 Å². The van der Waals surface area contributed by atoms with Crippen LogP contribution in [-0.2, 0) is 9.47 Å². The molecule has 0 aromatic heterocycles. The van der Waals surface area contributed by atoms with Crippen LogP contribution in [0.1, 0.15) is 19.8 Å². The van der Waals surface area contributed by atoms with E-state index in [1.165, 1.54) is 0 Å². The zero-order chi connectivity index (χ0) is 9.03. The fraction of sp³-hybridized carbons (Fsp3) is 1.00. The average Bonchev–Trinajstić information content (AvgIpc) is 2.53. The predicted molar refractivity (Wildman–Crippen MR) is 46.0 cm³/mol. The Morgan fingerprint density at radius 2 is 2.42 bits per heavy atom. The Morgan fingerprint density at radius 1 is 1.67 bits per heavy atom. The topological polar surface area (TPSA) is 38.7 Å². The summed E-state index contributed by atoms with van der Waals surface area (Å²) in [5.74, 6) is 0.285. The van der Waals surface area contributed by atoms with Crippen LogP contribution >= 0.6 is 0 Å². The van der Waals surface area contributed by atoms with Gasteiger partial charge in [-0.2, -0.15) is 0 Å². The van der Waals surface area contributed by atoms with Gasteiger partial charge in [-0.3, -0.25) is 0 Å². The lowest BCUT2D eigenvalue weighted by molar-refractivity contribution is -0.0283. The van der Waals surface area contributed by atoms with Crippen molar-refractivity contribution in [3.05, 3.63) is 0 Å². The molecule has 0 amide bonds. The number of rotatable bonds is 4. The van der Waals surface area contributed by atoms with Crippen molar-refractivity contribution >= 4 is 0 Å². The molecule has 0 aromatic carbocycles. The normalized spacial score (nSPS) is 28.8. The zero-order valence-electron chi connectivity index (χ0n) is 7.88. The van der Waals surface area contributed by atoms with Gasteiger partial charge in [0.05, 0.1) is 12.2 Å². The largest absolute Gasteiger partial charge is 0.390 e. The molecule has 0 saturated carbocycles. The van der Waals surface area contributed by atoms with Crippen LogP contribution in [0.3, 0.4) is 0 Å². The number of aliphatic hydroxyl groups is 1. The molecule has 3 heteroatoms. The van der Waals surface area contributed by atoms with Gasteiger partial charge >= 0.3 is 0 Å². The number of hydrogen-bond acceptors (Lipinski definition) is 3. The van der Waals surface area contributed by atoms with Gasteiger partial charge in [0.1, 0.15) is 0 Å². The van der Waals surface area contributed by atoms with Crippen LogP contribution in [0.5, 0.6) is 0 Å². The Morgan fingerprint density at radius 3 is 2.92 bits per heavy atom. The molecule has 12 heavy (non-hydrogen) atoms. The summed E-state index contributed by atoms with van der Waals surface area (Å²) < 4.78 is 10.2. The molecule has 0 aromatic rings. The van der Waals surface area contributed by atoms with E-state index in [9.17, 15) is 5.11 Å². The Labute approximate surface area is 73.7 Å².